The summed E-state index contributed by atoms with van der Waals surface area (Å²) in [4.78, 5) is 26.7. The van der Waals surface area contributed by atoms with Gasteiger partial charge in [0.15, 0.2) is 0 Å². The Kier molecular flexibility index (Phi) is 7.92. The van der Waals surface area contributed by atoms with Gasteiger partial charge in [-0.25, -0.2) is 18.2 Å². The van der Waals surface area contributed by atoms with E-state index in [4.69, 9.17) is 9.47 Å². The Labute approximate surface area is 236 Å². The average Bonchev–Trinajstić information content (AvgIpc) is 3.55. The highest BCUT2D eigenvalue weighted by molar-refractivity contribution is 5.78. The molecule has 1 heterocycles. The van der Waals surface area contributed by atoms with Crippen LogP contribution in [0.3, 0.4) is 0 Å². The van der Waals surface area contributed by atoms with Crippen molar-refractivity contribution in [2.45, 2.75) is 58.2 Å². The van der Waals surface area contributed by atoms with Gasteiger partial charge >= 0.3 is 5.97 Å². The molecule has 1 aromatic heterocycles. The van der Waals surface area contributed by atoms with Crippen molar-refractivity contribution in [2.75, 3.05) is 6.61 Å². The van der Waals surface area contributed by atoms with Gasteiger partial charge in [0.25, 0.3) is 5.92 Å². The number of ketones is 1. The zero-order chi connectivity index (χ0) is 29.5. The first kappa shape index (κ1) is 28.8. The molecule has 1 N–H and O–H groups in total. The van der Waals surface area contributed by atoms with Crippen molar-refractivity contribution in [3.8, 4) is 17.0 Å². The number of carboxylic acids is 1. The number of hydrogen-bond donors (Lipinski definition) is 1. The lowest BCUT2D eigenvalue weighted by Crippen LogP contribution is -2.14. The summed E-state index contributed by atoms with van der Waals surface area (Å²) in [5.74, 6) is -4.67. The topological polar surface area (TPSA) is 85.7 Å². The van der Waals surface area contributed by atoms with E-state index in [9.17, 15) is 27.9 Å². The minimum absolute atomic E-state index is 0.0130. The first-order valence-corrected chi connectivity index (χ1v) is 13.7. The fourth-order valence-electron chi connectivity index (χ4n) is 5.87. The molecule has 4 atom stereocenters. The normalized spacial score (nSPS) is 23.2. The van der Waals surface area contributed by atoms with Crippen molar-refractivity contribution >= 4 is 11.8 Å². The van der Waals surface area contributed by atoms with Crippen LogP contribution in [-0.2, 0) is 26.9 Å². The quantitative estimate of drug-likeness (QED) is 0.238. The molecule has 3 aliphatic carbocycles. The lowest BCUT2D eigenvalue weighted by molar-refractivity contribution is -0.139. The molecule has 2 fully saturated rings. The van der Waals surface area contributed by atoms with E-state index in [1.165, 1.54) is 37.4 Å². The number of alkyl halides is 2. The summed E-state index contributed by atoms with van der Waals surface area (Å²) in [6.45, 7) is 6.41. The van der Waals surface area contributed by atoms with Crippen LogP contribution in [0.2, 0.25) is 0 Å². The molecule has 0 amide bonds. The summed E-state index contributed by atoms with van der Waals surface area (Å²) < 4.78 is 55.7. The Balaban J connectivity index is 1.32. The highest BCUT2D eigenvalue weighted by Crippen LogP contribution is 2.63. The number of aromatic nitrogens is 1. The molecular formula is C32H32F3NO5. The Hall–Kier alpha value is -3.72. The second-order valence-electron chi connectivity index (χ2n) is 11.1. The van der Waals surface area contributed by atoms with Crippen molar-refractivity contribution in [3.05, 3.63) is 82.9 Å². The van der Waals surface area contributed by atoms with E-state index in [1.807, 2.05) is 12.2 Å². The molecule has 1 aromatic carbocycles. The van der Waals surface area contributed by atoms with Crippen molar-refractivity contribution in [1.82, 2.24) is 4.98 Å². The molecule has 4 unspecified atom stereocenters. The van der Waals surface area contributed by atoms with Crippen LogP contribution in [-0.4, -0.2) is 34.6 Å². The van der Waals surface area contributed by atoms with Crippen LogP contribution in [0.15, 0.2) is 65.9 Å². The number of rotatable bonds is 11. The van der Waals surface area contributed by atoms with Crippen LogP contribution in [0.1, 0.15) is 50.7 Å². The Bertz CT molecular complexity index is 1460. The third kappa shape index (κ3) is 6.15. The van der Waals surface area contributed by atoms with Gasteiger partial charge in [-0.1, -0.05) is 18.7 Å². The van der Waals surface area contributed by atoms with Crippen molar-refractivity contribution in [2.24, 2.45) is 17.8 Å². The van der Waals surface area contributed by atoms with Gasteiger partial charge in [-0.2, -0.15) is 0 Å². The number of aliphatic carboxylic acids is 1. The van der Waals surface area contributed by atoms with Crippen molar-refractivity contribution in [3.63, 3.8) is 0 Å². The number of pyridine rings is 1. The number of nitrogens with zero attached hydrogens (tertiary/aromatic N) is 1. The summed E-state index contributed by atoms with van der Waals surface area (Å²) in [6, 6.07) is 5.29. The molecular weight excluding hydrogens is 535 g/mol. The molecule has 3 aliphatic rings. The summed E-state index contributed by atoms with van der Waals surface area (Å²) in [7, 11) is 0. The van der Waals surface area contributed by atoms with Crippen LogP contribution in [0.4, 0.5) is 13.2 Å². The van der Waals surface area contributed by atoms with Crippen LogP contribution >= 0.6 is 0 Å². The summed E-state index contributed by atoms with van der Waals surface area (Å²) in [6.07, 6.45) is 6.74. The van der Waals surface area contributed by atoms with Gasteiger partial charge in [0.2, 0.25) is 5.88 Å². The molecule has 0 aliphatic heterocycles. The second-order valence-corrected chi connectivity index (χ2v) is 11.1. The number of hydrogen-bond acceptors (Lipinski definition) is 5. The number of carbonyl (C=O) groups is 2. The lowest BCUT2D eigenvalue weighted by atomic mass is 9.96. The monoisotopic (exact) mass is 567 g/mol. The number of allylic oxidation sites excluding steroid dienone is 3. The fraction of sp³-hybridized carbons (Fsp3) is 0.406. The average molecular weight is 568 g/mol. The molecule has 216 valence electrons. The smallest absolute Gasteiger partial charge is 0.307 e. The third-order valence-corrected chi connectivity index (χ3v) is 8.03. The van der Waals surface area contributed by atoms with E-state index in [0.717, 1.165) is 23.6 Å². The van der Waals surface area contributed by atoms with E-state index in [1.54, 1.807) is 0 Å². The highest BCUT2D eigenvalue weighted by atomic mass is 19.3. The van der Waals surface area contributed by atoms with Gasteiger partial charge in [0, 0.05) is 48.2 Å². The number of ether oxygens (including phenoxy) is 2. The van der Waals surface area contributed by atoms with Gasteiger partial charge in [0.1, 0.15) is 11.6 Å². The molecule has 2 saturated carbocycles. The van der Waals surface area contributed by atoms with Crippen LogP contribution in [0.5, 0.6) is 5.88 Å². The number of carbonyl (C=O) groups excluding carboxylic acids is 1. The Morgan fingerprint density at radius 1 is 1.24 bits per heavy atom. The van der Waals surface area contributed by atoms with Crippen LogP contribution in [0.25, 0.3) is 11.1 Å². The molecule has 0 radical (unpaired) electrons. The van der Waals surface area contributed by atoms with E-state index in [0.29, 0.717) is 31.2 Å². The van der Waals surface area contributed by atoms with E-state index >= 15 is 0 Å². The van der Waals surface area contributed by atoms with E-state index in [2.05, 4.69) is 11.6 Å². The van der Waals surface area contributed by atoms with E-state index in [-0.39, 0.29) is 59.3 Å². The Morgan fingerprint density at radius 2 is 2.02 bits per heavy atom. The molecule has 6 nitrogen and oxygen atoms in total. The minimum Gasteiger partial charge on any atom is -0.481 e. The lowest BCUT2D eigenvalue weighted by Gasteiger charge is -2.19. The highest BCUT2D eigenvalue weighted by Gasteiger charge is 2.61. The van der Waals surface area contributed by atoms with Gasteiger partial charge in [-0.15, -0.1) is 0 Å². The SMILES string of the molecule is C=C1CC=C2C(=CC1OCc1cc(-c3cnc(OCCCC(C)=O)cc3C(C)(F)F)ccc1F)CC1C(C(=O)O)C21. The maximum absolute atomic E-state index is 14.8. The maximum atomic E-state index is 14.8. The molecule has 0 spiro atoms. The van der Waals surface area contributed by atoms with Gasteiger partial charge in [-0.05, 0) is 72.6 Å². The molecule has 2 aromatic rings. The summed E-state index contributed by atoms with van der Waals surface area (Å²) in [5.41, 5.74) is 3.26. The number of carboxylic acid groups (broad SMARTS) is 1. The number of halogens is 3. The largest absolute Gasteiger partial charge is 0.481 e. The number of benzene rings is 1. The van der Waals surface area contributed by atoms with Gasteiger partial charge < -0.3 is 19.4 Å². The van der Waals surface area contributed by atoms with Crippen LogP contribution < -0.4 is 4.74 Å². The standard InChI is InChI=1S/C32H32F3NO5/c1-17-6-8-22-20(12-23-29(22)30(23)31(38)39)13-27(17)41-16-21-11-19(7-9-26(21)33)24-15-36-28(14-25(24)32(3,34)35)40-10-4-5-18(2)37/h7-9,11,13-15,23,27,29-30H,1,4-6,10,12,16H2,2-3H3,(H,38,39). The predicted octanol–water partition coefficient (Wildman–Crippen LogP) is 6.80. The summed E-state index contributed by atoms with van der Waals surface area (Å²) in [5, 5.41) is 9.41. The van der Waals surface area contributed by atoms with Gasteiger partial charge in [-0.3, -0.25) is 4.79 Å². The summed E-state index contributed by atoms with van der Waals surface area (Å²) >= 11 is 0. The molecule has 5 rings (SSSR count). The Morgan fingerprint density at radius 3 is 2.73 bits per heavy atom. The third-order valence-electron chi connectivity index (χ3n) is 8.03. The van der Waals surface area contributed by atoms with E-state index < -0.39 is 23.8 Å². The number of fused-ring (bicyclic) bond motifs is 3. The molecule has 0 bridgehead atoms. The second kappa shape index (κ2) is 11.3. The maximum Gasteiger partial charge on any atom is 0.307 e. The first-order chi connectivity index (χ1) is 19.4. The van der Waals surface area contributed by atoms with Crippen molar-refractivity contribution in [1.29, 1.82) is 0 Å². The van der Waals surface area contributed by atoms with Crippen LogP contribution in [0, 0.1) is 23.6 Å². The zero-order valence-corrected chi connectivity index (χ0v) is 23.0. The fourth-order valence-corrected chi connectivity index (χ4v) is 5.87. The number of Topliss-reactive ketones (excluding diaryl/α,β-unsaturated/α-hetero) is 1. The van der Waals surface area contributed by atoms with Crippen molar-refractivity contribution < 1.29 is 37.3 Å². The molecule has 41 heavy (non-hydrogen) atoms. The molecule has 0 saturated heterocycles. The zero-order valence-electron chi connectivity index (χ0n) is 23.0. The molecule has 9 heteroatoms. The van der Waals surface area contributed by atoms with Gasteiger partial charge in [0.05, 0.1) is 25.2 Å². The first-order valence-electron chi connectivity index (χ1n) is 13.7. The minimum atomic E-state index is -3.22. The predicted molar refractivity (Wildman–Crippen MR) is 146 cm³/mol.